The first-order chi connectivity index (χ1) is 12.8. The Balaban J connectivity index is 1.37. The molecule has 7 heteroatoms. The second kappa shape index (κ2) is 7.68. The van der Waals surface area contributed by atoms with Gasteiger partial charge in [0, 0.05) is 61.9 Å². The number of halogens is 1. The number of fused-ring (bicyclic) bond motifs is 2. The molecule has 0 aromatic carbocycles. The first-order valence-corrected chi connectivity index (χ1v) is 9.44. The van der Waals surface area contributed by atoms with Gasteiger partial charge in [-0.25, -0.2) is 9.97 Å². The van der Waals surface area contributed by atoms with Crippen molar-refractivity contribution in [2.75, 3.05) is 37.6 Å². The van der Waals surface area contributed by atoms with E-state index in [1.54, 1.807) is 13.3 Å². The Morgan fingerprint density at radius 1 is 1.15 bits per heavy atom. The lowest BCUT2D eigenvalue weighted by molar-refractivity contribution is -0.00853. The summed E-state index contributed by atoms with van der Waals surface area (Å²) >= 11 is 5.68. The van der Waals surface area contributed by atoms with Crippen LogP contribution in [0.25, 0.3) is 0 Å². The minimum Gasteiger partial charge on any atom is -0.481 e. The lowest BCUT2D eigenvalue weighted by Gasteiger charge is -2.57. The van der Waals surface area contributed by atoms with Gasteiger partial charge in [0.25, 0.3) is 0 Å². The fraction of sp³-hybridized carbons (Fsp3) is 0.474. The Hall–Kier alpha value is -2.05. The molecular weight excluding hydrogens is 352 g/mol. The van der Waals surface area contributed by atoms with E-state index in [1.165, 1.54) is 17.7 Å². The molecule has 26 heavy (non-hydrogen) atoms. The molecule has 3 saturated heterocycles. The Kier molecular flexibility index (Phi) is 5.13. The zero-order valence-electron chi connectivity index (χ0n) is 14.8. The van der Waals surface area contributed by atoms with Crippen LogP contribution in [0.5, 0.6) is 11.8 Å². The molecule has 138 valence electrons. The van der Waals surface area contributed by atoms with Gasteiger partial charge in [0.2, 0.25) is 11.8 Å². The van der Waals surface area contributed by atoms with Crippen LogP contribution in [0.1, 0.15) is 12.0 Å². The van der Waals surface area contributed by atoms with E-state index in [4.69, 9.17) is 21.1 Å². The van der Waals surface area contributed by atoms with Crippen LogP contribution in [0.15, 0.2) is 36.7 Å². The number of rotatable bonds is 7. The number of pyridine rings is 2. The average molecular weight is 375 g/mol. The summed E-state index contributed by atoms with van der Waals surface area (Å²) in [6.45, 7) is 3.48. The number of methoxy groups -OCH3 is 1. The van der Waals surface area contributed by atoms with Gasteiger partial charge in [0.1, 0.15) is 6.61 Å². The molecule has 3 aliphatic rings. The number of piperidine rings is 1. The molecule has 0 aliphatic carbocycles. The molecule has 2 atom stereocenters. The second-order valence-corrected chi connectivity index (χ2v) is 7.10. The molecular formula is C19H23ClN4O2. The summed E-state index contributed by atoms with van der Waals surface area (Å²) in [6, 6.07) is 9.25. The normalized spacial score (nSPS) is 22.0. The Bertz CT molecular complexity index is 731. The highest BCUT2D eigenvalue weighted by atomic mass is 35.5. The minimum atomic E-state index is 0.467. The third-order valence-corrected chi connectivity index (χ3v) is 5.28. The Labute approximate surface area is 158 Å². The molecule has 0 spiro atoms. The van der Waals surface area contributed by atoms with Crippen molar-refractivity contribution in [3.8, 4) is 11.8 Å². The third-order valence-electron chi connectivity index (χ3n) is 5.13. The van der Waals surface area contributed by atoms with Gasteiger partial charge in [-0.15, -0.1) is 11.6 Å². The van der Waals surface area contributed by atoms with Crippen molar-refractivity contribution in [2.24, 2.45) is 0 Å². The topological polar surface area (TPSA) is 50.7 Å². The molecule has 0 saturated carbocycles. The summed E-state index contributed by atoms with van der Waals surface area (Å²) in [5.74, 6) is 1.77. The van der Waals surface area contributed by atoms with Crippen LogP contribution >= 0.6 is 11.6 Å². The molecule has 5 heterocycles. The van der Waals surface area contributed by atoms with Crippen molar-refractivity contribution in [2.45, 2.75) is 25.0 Å². The monoisotopic (exact) mass is 374 g/mol. The van der Waals surface area contributed by atoms with Crippen molar-refractivity contribution in [1.29, 1.82) is 0 Å². The molecule has 0 radical (unpaired) electrons. The van der Waals surface area contributed by atoms with Crippen molar-refractivity contribution < 1.29 is 9.47 Å². The van der Waals surface area contributed by atoms with E-state index >= 15 is 0 Å². The van der Waals surface area contributed by atoms with E-state index in [9.17, 15) is 0 Å². The molecule has 2 aromatic heterocycles. The Morgan fingerprint density at radius 2 is 2.00 bits per heavy atom. The summed E-state index contributed by atoms with van der Waals surface area (Å²) in [5.41, 5.74) is 2.40. The molecule has 0 N–H and O–H groups in total. The highest BCUT2D eigenvalue weighted by Gasteiger charge is 2.44. The summed E-state index contributed by atoms with van der Waals surface area (Å²) in [7, 11) is 1.64. The minimum absolute atomic E-state index is 0.467. The van der Waals surface area contributed by atoms with E-state index in [0.29, 0.717) is 36.3 Å². The molecule has 3 aliphatic heterocycles. The third kappa shape index (κ3) is 3.57. The molecule has 2 bridgehead atoms. The summed E-state index contributed by atoms with van der Waals surface area (Å²) in [5, 5.41) is 0. The quantitative estimate of drug-likeness (QED) is 0.694. The standard InChI is InChI=1S/C19H23ClN4O2/c1-25-18-3-2-14(10-22-18)11-24-16-8-17(24)13-23(12-16)15-4-6-21-19(9-15)26-7-5-20/h2-4,6,9-10,16-17H,5,7-8,11-13H2,1H3. The van der Waals surface area contributed by atoms with Gasteiger partial charge in [-0.2, -0.15) is 0 Å². The van der Waals surface area contributed by atoms with E-state index < -0.39 is 0 Å². The fourth-order valence-corrected chi connectivity index (χ4v) is 3.89. The molecule has 2 aromatic rings. The highest BCUT2D eigenvalue weighted by Crippen LogP contribution is 2.36. The van der Waals surface area contributed by atoms with Gasteiger partial charge in [-0.3, -0.25) is 4.90 Å². The molecule has 2 unspecified atom stereocenters. The van der Waals surface area contributed by atoms with E-state index in [2.05, 4.69) is 31.9 Å². The van der Waals surface area contributed by atoms with Gasteiger partial charge in [0.05, 0.1) is 13.0 Å². The lowest BCUT2D eigenvalue weighted by atomic mass is 9.86. The van der Waals surface area contributed by atoms with Crippen LogP contribution in [0.2, 0.25) is 0 Å². The predicted octanol–water partition coefficient (Wildman–Crippen LogP) is 2.57. The lowest BCUT2D eigenvalue weighted by Crippen LogP contribution is -2.68. The number of alkyl halides is 1. The number of ether oxygens (including phenoxy) is 2. The zero-order valence-corrected chi connectivity index (χ0v) is 15.6. The molecule has 0 amide bonds. The van der Waals surface area contributed by atoms with E-state index in [1.807, 2.05) is 18.3 Å². The molecule has 3 fully saturated rings. The van der Waals surface area contributed by atoms with Gasteiger partial charge in [0.15, 0.2) is 0 Å². The van der Waals surface area contributed by atoms with Gasteiger partial charge in [-0.05, 0) is 18.1 Å². The van der Waals surface area contributed by atoms with Gasteiger partial charge < -0.3 is 14.4 Å². The number of piperazine rings is 1. The highest BCUT2D eigenvalue weighted by molar-refractivity contribution is 6.18. The van der Waals surface area contributed by atoms with E-state index in [0.717, 1.165) is 19.6 Å². The van der Waals surface area contributed by atoms with Crippen molar-refractivity contribution >= 4 is 17.3 Å². The molecule has 6 nitrogen and oxygen atoms in total. The number of hydrogen-bond acceptors (Lipinski definition) is 6. The maximum Gasteiger partial charge on any atom is 0.215 e. The summed E-state index contributed by atoms with van der Waals surface area (Å²) in [4.78, 5) is 13.6. The van der Waals surface area contributed by atoms with Crippen molar-refractivity contribution in [1.82, 2.24) is 14.9 Å². The number of anilines is 1. The first-order valence-electron chi connectivity index (χ1n) is 8.91. The summed E-state index contributed by atoms with van der Waals surface area (Å²) < 4.78 is 10.7. The zero-order chi connectivity index (χ0) is 17.9. The van der Waals surface area contributed by atoms with Gasteiger partial charge >= 0.3 is 0 Å². The first kappa shape index (κ1) is 17.4. The Morgan fingerprint density at radius 3 is 2.69 bits per heavy atom. The van der Waals surface area contributed by atoms with Crippen molar-refractivity contribution in [3.63, 3.8) is 0 Å². The summed E-state index contributed by atoms with van der Waals surface area (Å²) in [6.07, 6.45) is 4.98. The number of hydrogen-bond donors (Lipinski definition) is 0. The maximum atomic E-state index is 5.68. The van der Waals surface area contributed by atoms with E-state index in [-0.39, 0.29) is 0 Å². The van der Waals surface area contributed by atoms with Gasteiger partial charge in [-0.1, -0.05) is 6.07 Å². The van der Waals surface area contributed by atoms with Crippen LogP contribution in [-0.2, 0) is 6.54 Å². The largest absolute Gasteiger partial charge is 0.481 e. The van der Waals surface area contributed by atoms with Crippen LogP contribution in [0, 0.1) is 0 Å². The fourth-order valence-electron chi connectivity index (χ4n) is 3.81. The van der Waals surface area contributed by atoms with Crippen LogP contribution < -0.4 is 14.4 Å². The predicted molar refractivity (Wildman–Crippen MR) is 101 cm³/mol. The smallest absolute Gasteiger partial charge is 0.215 e. The SMILES string of the molecule is COc1ccc(CN2C3CC2CN(c2ccnc(OCCCl)c2)C3)cn1. The number of nitrogens with zero attached hydrogens (tertiary/aromatic N) is 4. The second-order valence-electron chi connectivity index (χ2n) is 6.72. The van der Waals surface area contributed by atoms with Crippen LogP contribution in [0.3, 0.4) is 0 Å². The number of aromatic nitrogens is 2. The van der Waals surface area contributed by atoms with Crippen molar-refractivity contribution in [3.05, 3.63) is 42.2 Å². The maximum absolute atomic E-state index is 5.68. The van der Waals surface area contributed by atoms with Crippen LogP contribution in [0.4, 0.5) is 5.69 Å². The van der Waals surface area contributed by atoms with Crippen LogP contribution in [-0.4, -0.2) is 59.6 Å². The molecule has 5 rings (SSSR count). The average Bonchev–Trinajstić information content (AvgIpc) is 2.71.